The maximum Gasteiger partial charge on any atom is 0.303 e. The Morgan fingerprint density at radius 1 is 1.24 bits per heavy atom. The molecular formula is C14H15FN4O2. The Morgan fingerprint density at radius 2 is 1.86 bits per heavy atom. The first-order valence-corrected chi connectivity index (χ1v) is 6.31. The number of aromatic nitrogens is 2. The van der Waals surface area contributed by atoms with Crippen LogP contribution in [-0.2, 0) is 0 Å². The third-order valence-corrected chi connectivity index (χ3v) is 2.57. The fraction of sp³-hybridized carbons (Fsp3) is 0.286. The highest BCUT2D eigenvalue weighted by molar-refractivity contribution is 5.79. The molecule has 1 heterocycles. The normalized spacial score (nSPS) is 11.2. The van der Waals surface area contributed by atoms with Crippen LogP contribution < -0.4 is 5.32 Å². The molecule has 1 aromatic carbocycles. The van der Waals surface area contributed by atoms with Crippen LogP contribution in [0.3, 0.4) is 0 Å². The van der Waals surface area contributed by atoms with E-state index in [-0.39, 0.29) is 22.8 Å². The van der Waals surface area contributed by atoms with Gasteiger partial charge in [0.05, 0.1) is 4.92 Å². The van der Waals surface area contributed by atoms with E-state index in [1.807, 2.05) is 20.8 Å². The highest BCUT2D eigenvalue weighted by Crippen LogP contribution is 2.36. The molecule has 1 N–H and O–H groups in total. The van der Waals surface area contributed by atoms with E-state index in [1.54, 1.807) is 6.07 Å². The van der Waals surface area contributed by atoms with Crippen LogP contribution in [0.25, 0.3) is 11.4 Å². The number of hydrogen-bond acceptors (Lipinski definition) is 5. The lowest BCUT2D eigenvalue weighted by atomic mass is 10.1. The Kier molecular flexibility index (Phi) is 3.84. The van der Waals surface area contributed by atoms with Gasteiger partial charge in [-0.05, 0) is 32.9 Å². The minimum absolute atomic E-state index is 0.0485. The number of halogens is 1. The predicted octanol–water partition coefficient (Wildman–Crippen LogP) is 3.40. The number of benzene rings is 1. The molecule has 7 heteroatoms. The average Bonchev–Trinajstić information content (AvgIpc) is 2.36. The van der Waals surface area contributed by atoms with E-state index in [2.05, 4.69) is 15.3 Å². The Hall–Kier alpha value is -2.57. The molecule has 6 nitrogen and oxygen atoms in total. The first-order chi connectivity index (χ1) is 9.78. The fourth-order valence-corrected chi connectivity index (χ4v) is 1.90. The van der Waals surface area contributed by atoms with E-state index in [1.165, 1.54) is 12.4 Å². The molecule has 0 saturated carbocycles. The van der Waals surface area contributed by atoms with E-state index in [0.29, 0.717) is 0 Å². The average molecular weight is 290 g/mol. The Labute approximate surface area is 121 Å². The molecule has 0 aliphatic carbocycles. The lowest BCUT2D eigenvalue weighted by Crippen LogP contribution is -2.26. The largest absolute Gasteiger partial charge is 0.375 e. The number of nitro benzene ring substituents is 1. The van der Waals surface area contributed by atoms with Crippen LogP contribution in [0.15, 0.2) is 30.6 Å². The lowest BCUT2D eigenvalue weighted by molar-refractivity contribution is -0.383. The van der Waals surface area contributed by atoms with E-state index in [9.17, 15) is 14.5 Å². The number of nitrogens with one attached hydrogen (secondary N) is 1. The van der Waals surface area contributed by atoms with Crippen molar-refractivity contribution in [3.05, 3.63) is 46.5 Å². The van der Waals surface area contributed by atoms with E-state index in [4.69, 9.17) is 0 Å². The summed E-state index contributed by atoms with van der Waals surface area (Å²) in [5, 5.41) is 14.3. The van der Waals surface area contributed by atoms with Gasteiger partial charge in [-0.15, -0.1) is 0 Å². The first-order valence-electron chi connectivity index (χ1n) is 6.31. The number of hydrogen-bond donors (Lipinski definition) is 1. The highest BCUT2D eigenvalue weighted by atomic mass is 19.1. The molecule has 0 bridgehead atoms. The van der Waals surface area contributed by atoms with Crippen LogP contribution in [-0.4, -0.2) is 20.4 Å². The standard InChI is InChI=1S/C14H15FN4O2/c1-14(2,3)18-11-8-9(15)7-10(12(11)19(20)21)13-16-5-4-6-17-13/h4-8,18H,1-3H3. The van der Waals surface area contributed by atoms with E-state index in [0.717, 1.165) is 12.1 Å². The predicted molar refractivity (Wildman–Crippen MR) is 77.5 cm³/mol. The smallest absolute Gasteiger partial charge is 0.303 e. The molecular weight excluding hydrogens is 275 g/mol. The second kappa shape index (κ2) is 5.43. The van der Waals surface area contributed by atoms with Gasteiger partial charge in [0.2, 0.25) is 0 Å². The minimum atomic E-state index is -0.588. The van der Waals surface area contributed by atoms with Gasteiger partial charge in [0.15, 0.2) is 5.82 Å². The van der Waals surface area contributed by atoms with Gasteiger partial charge < -0.3 is 5.32 Å². The van der Waals surface area contributed by atoms with Crippen molar-refractivity contribution >= 4 is 11.4 Å². The molecule has 21 heavy (non-hydrogen) atoms. The van der Waals surface area contributed by atoms with Gasteiger partial charge >= 0.3 is 5.69 Å². The summed E-state index contributed by atoms with van der Waals surface area (Å²) in [5.74, 6) is -0.476. The fourth-order valence-electron chi connectivity index (χ4n) is 1.90. The maximum atomic E-state index is 13.8. The summed E-state index contributed by atoms with van der Waals surface area (Å²) in [6, 6.07) is 3.76. The molecule has 0 spiro atoms. The molecule has 2 aromatic rings. The SMILES string of the molecule is CC(C)(C)Nc1cc(F)cc(-c2ncccn2)c1[N+](=O)[O-]. The van der Waals surface area contributed by atoms with E-state index < -0.39 is 16.3 Å². The van der Waals surface area contributed by atoms with Gasteiger partial charge in [-0.2, -0.15) is 0 Å². The quantitative estimate of drug-likeness (QED) is 0.692. The number of rotatable bonds is 3. The summed E-state index contributed by atoms with van der Waals surface area (Å²) in [6.45, 7) is 5.50. The second-order valence-electron chi connectivity index (χ2n) is 5.55. The third-order valence-electron chi connectivity index (χ3n) is 2.57. The molecule has 0 fully saturated rings. The van der Waals surface area contributed by atoms with Crippen molar-refractivity contribution in [1.82, 2.24) is 9.97 Å². The number of nitrogens with zero attached hydrogens (tertiary/aromatic N) is 3. The van der Waals surface area contributed by atoms with Gasteiger partial charge in [0.1, 0.15) is 17.1 Å². The minimum Gasteiger partial charge on any atom is -0.375 e. The molecule has 0 atom stereocenters. The number of nitro groups is 1. The summed E-state index contributed by atoms with van der Waals surface area (Å²) < 4.78 is 13.8. The number of anilines is 1. The van der Waals surface area contributed by atoms with Gasteiger partial charge in [-0.1, -0.05) is 0 Å². The zero-order valence-corrected chi connectivity index (χ0v) is 11.9. The Bertz CT molecular complexity index is 669. The summed E-state index contributed by atoms with van der Waals surface area (Å²) >= 11 is 0. The van der Waals surface area contributed by atoms with Gasteiger partial charge in [-0.25, -0.2) is 14.4 Å². The first kappa shape index (κ1) is 14.8. The summed E-state index contributed by atoms with van der Waals surface area (Å²) in [5.41, 5.74) is -0.535. The van der Waals surface area contributed by atoms with Gasteiger partial charge in [0, 0.05) is 24.0 Å². The van der Waals surface area contributed by atoms with Gasteiger partial charge in [0.25, 0.3) is 0 Å². The monoisotopic (exact) mass is 290 g/mol. The van der Waals surface area contributed by atoms with Crippen LogP contribution in [0.4, 0.5) is 15.8 Å². The van der Waals surface area contributed by atoms with Crippen molar-refractivity contribution < 1.29 is 9.31 Å². The van der Waals surface area contributed by atoms with Crippen molar-refractivity contribution in [2.75, 3.05) is 5.32 Å². The van der Waals surface area contributed by atoms with Crippen molar-refractivity contribution in [2.45, 2.75) is 26.3 Å². The maximum absolute atomic E-state index is 13.8. The lowest BCUT2D eigenvalue weighted by Gasteiger charge is -2.22. The summed E-state index contributed by atoms with van der Waals surface area (Å²) in [4.78, 5) is 18.8. The molecule has 0 saturated heterocycles. The van der Waals surface area contributed by atoms with Crippen LogP contribution in [0.1, 0.15) is 20.8 Å². The Balaban J connectivity index is 2.68. The third kappa shape index (κ3) is 3.50. The molecule has 0 amide bonds. The zero-order chi connectivity index (χ0) is 15.6. The van der Waals surface area contributed by atoms with Gasteiger partial charge in [-0.3, -0.25) is 10.1 Å². The molecule has 110 valence electrons. The van der Waals surface area contributed by atoms with Crippen molar-refractivity contribution in [3.8, 4) is 11.4 Å². The van der Waals surface area contributed by atoms with Crippen molar-refractivity contribution in [1.29, 1.82) is 0 Å². The molecule has 0 radical (unpaired) electrons. The summed E-state index contributed by atoms with van der Waals surface area (Å²) in [7, 11) is 0. The van der Waals surface area contributed by atoms with Crippen molar-refractivity contribution in [3.63, 3.8) is 0 Å². The molecule has 2 rings (SSSR count). The van der Waals surface area contributed by atoms with Crippen molar-refractivity contribution in [2.24, 2.45) is 0 Å². The molecule has 0 aliphatic rings. The van der Waals surface area contributed by atoms with Crippen LogP contribution in [0.5, 0.6) is 0 Å². The highest BCUT2D eigenvalue weighted by Gasteiger charge is 2.26. The molecule has 0 unspecified atom stereocenters. The second-order valence-corrected chi connectivity index (χ2v) is 5.55. The zero-order valence-electron chi connectivity index (χ0n) is 11.9. The Morgan fingerprint density at radius 3 is 2.38 bits per heavy atom. The topological polar surface area (TPSA) is 81.0 Å². The summed E-state index contributed by atoms with van der Waals surface area (Å²) in [6.07, 6.45) is 2.90. The van der Waals surface area contributed by atoms with Crippen LogP contribution in [0.2, 0.25) is 0 Å². The van der Waals surface area contributed by atoms with Crippen LogP contribution >= 0.6 is 0 Å². The van der Waals surface area contributed by atoms with Crippen LogP contribution in [0, 0.1) is 15.9 Å². The molecule has 1 aromatic heterocycles. The van der Waals surface area contributed by atoms with E-state index >= 15 is 0 Å². The molecule has 0 aliphatic heterocycles.